The molecule has 1 unspecified atom stereocenters. The standard InChI is InChI=1S/C7H10BrN3O/c1-5(8)6(12)10-7-9-3-4-11(7)2/h3-5H,1-2H3,(H,9,10,12). The molecule has 1 aromatic heterocycles. The first kappa shape index (κ1) is 9.25. The number of anilines is 1. The van der Waals surface area contributed by atoms with Crippen LogP contribution >= 0.6 is 15.9 Å². The Morgan fingerprint density at radius 3 is 2.92 bits per heavy atom. The summed E-state index contributed by atoms with van der Waals surface area (Å²) in [6.07, 6.45) is 3.41. The van der Waals surface area contributed by atoms with Crippen LogP contribution in [0.25, 0.3) is 0 Å². The molecule has 0 saturated heterocycles. The van der Waals surface area contributed by atoms with Crippen LogP contribution in [0.2, 0.25) is 0 Å². The largest absolute Gasteiger partial charge is 0.320 e. The Hall–Kier alpha value is -0.840. The Kier molecular flexibility index (Phi) is 2.86. The summed E-state index contributed by atoms with van der Waals surface area (Å²) >= 11 is 3.16. The molecule has 0 spiro atoms. The van der Waals surface area contributed by atoms with Gasteiger partial charge in [-0.15, -0.1) is 0 Å². The van der Waals surface area contributed by atoms with E-state index in [0.717, 1.165) is 0 Å². The molecule has 0 fully saturated rings. The zero-order chi connectivity index (χ0) is 9.14. The van der Waals surface area contributed by atoms with Gasteiger partial charge in [-0.05, 0) is 6.92 Å². The highest BCUT2D eigenvalue weighted by Gasteiger charge is 2.10. The van der Waals surface area contributed by atoms with Crippen molar-refractivity contribution in [3.63, 3.8) is 0 Å². The second-order valence-corrected chi connectivity index (χ2v) is 3.84. The molecule has 0 aliphatic heterocycles. The van der Waals surface area contributed by atoms with Gasteiger partial charge in [0.25, 0.3) is 0 Å². The summed E-state index contributed by atoms with van der Waals surface area (Å²) in [6.45, 7) is 1.76. The van der Waals surface area contributed by atoms with Crippen molar-refractivity contribution in [2.24, 2.45) is 7.05 Å². The van der Waals surface area contributed by atoms with Crippen LogP contribution in [0, 0.1) is 0 Å². The third-order valence-electron chi connectivity index (χ3n) is 1.42. The number of aryl methyl sites for hydroxylation is 1. The highest BCUT2D eigenvalue weighted by atomic mass is 79.9. The van der Waals surface area contributed by atoms with Crippen LogP contribution in [0.15, 0.2) is 12.4 Å². The Morgan fingerprint density at radius 2 is 2.50 bits per heavy atom. The lowest BCUT2D eigenvalue weighted by atomic mass is 10.4. The Labute approximate surface area is 79.1 Å². The number of alkyl halides is 1. The van der Waals surface area contributed by atoms with E-state index in [2.05, 4.69) is 26.2 Å². The number of nitrogens with zero attached hydrogens (tertiary/aromatic N) is 2. The normalized spacial score (nSPS) is 12.6. The van der Waals surface area contributed by atoms with Crippen LogP contribution in [-0.4, -0.2) is 20.3 Å². The van der Waals surface area contributed by atoms with Gasteiger partial charge < -0.3 is 4.57 Å². The lowest BCUT2D eigenvalue weighted by Gasteiger charge is -2.05. The molecule has 1 amide bonds. The molecule has 0 radical (unpaired) electrons. The SMILES string of the molecule is CC(Br)C(=O)Nc1nccn1C. The molecule has 12 heavy (non-hydrogen) atoms. The topological polar surface area (TPSA) is 46.9 Å². The third-order valence-corrected chi connectivity index (χ3v) is 1.83. The first-order chi connectivity index (χ1) is 5.61. The molecular weight excluding hydrogens is 222 g/mol. The number of amides is 1. The average molecular weight is 232 g/mol. The van der Waals surface area contributed by atoms with Gasteiger partial charge in [-0.25, -0.2) is 4.98 Å². The van der Waals surface area contributed by atoms with Crippen molar-refractivity contribution in [1.82, 2.24) is 9.55 Å². The number of aromatic nitrogens is 2. The van der Waals surface area contributed by atoms with E-state index in [-0.39, 0.29) is 10.7 Å². The van der Waals surface area contributed by atoms with E-state index in [4.69, 9.17) is 0 Å². The predicted molar refractivity (Wildman–Crippen MR) is 50.2 cm³/mol. The minimum Gasteiger partial charge on any atom is -0.320 e. The summed E-state index contributed by atoms with van der Waals surface area (Å²) in [6, 6.07) is 0. The van der Waals surface area contributed by atoms with Gasteiger partial charge in [0.15, 0.2) is 0 Å². The number of nitrogens with one attached hydrogen (secondary N) is 1. The molecule has 5 heteroatoms. The van der Waals surface area contributed by atoms with Gasteiger partial charge in [-0.2, -0.15) is 0 Å². The number of carbonyl (C=O) groups is 1. The summed E-state index contributed by atoms with van der Waals surface area (Å²) in [4.78, 5) is 14.9. The molecule has 1 atom stereocenters. The first-order valence-electron chi connectivity index (χ1n) is 3.53. The van der Waals surface area contributed by atoms with Crippen molar-refractivity contribution in [2.45, 2.75) is 11.8 Å². The van der Waals surface area contributed by atoms with Crippen molar-refractivity contribution in [2.75, 3.05) is 5.32 Å². The van der Waals surface area contributed by atoms with Crippen molar-refractivity contribution in [3.8, 4) is 0 Å². The maximum Gasteiger partial charge on any atom is 0.240 e. The quantitative estimate of drug-likeness (QED) is 0.777. The van der Waals surface area contributed by atoms with Gasteiger partial charge in [0.1, 0.15) is 0 Å². The van der Waals surface area contributed by atoms with Gasteiger partial charge in [-0.3, -0.25) is 10.1 Å². The van der Waals surface area contributed by atoms with Crippen molar-refractivity contribution in [1.29, 1.82) is 0 Å². The number of hydrogen-bond donors (Lipinski definition) is 1. The van der Waals surface area contributed by atoms with Crippen molar-refractivity contribution >= 4 is 27.8 Å². The third kappa shape index (κ3) is 2.07. The maximum atomic E-state index is 11.2. The van der Waals surface area contributed by atoms with Crippen molar-refractivity contribution in [3.05, 3.63) is 12.4 Å². The van der Waals surface area contributed by atoms with Gasteiger partial charge in [0, 0.05) is 19.4 Å². The van der Waals surface area contributed by atoms with Crippen LogP contribution in [0.4, 0.5) is 5.95 Å². The monoisotopic (exact) mass is 231 g/mol. The Bertz CT molecular complexity index is 282. The second kappa shape index (κ2) is 3.71. The fourth-order valence-corrected chi connectivity index (χ4v) is 0.810. The summed E-state index contributed by atoms with van der Waals surface area (Å²) in [5.74, 6) is 0.468. The number of halogens is 1. The summed E-state index contributed by atoms with van der Waals surface area (Å²) < 4.78 is 1.74. The van der Waals surface area contributed by atoms with E-state index < -0.39 is 0 Å². The molecule has 1 rings (SSSR count). The lowest BCUT2D eigenvalue weighted by molar-refractivity contribution is -0.115. The van der Waals surface area contributed by atoms with Gasteiger partial charge >= 0.3 is 0 Å². The second-order valence-electron chi connectivity index (χ2n) is 2.47. The van der Waals surface area contributed by atoms with Gasteiger partial charge in [0.05, 0.1) is 4.83 Å². The first-order valence-corrected chi connectivity index (χ1v) is 4.45. The summed E-state index contributed by atoms with van der Waals surface area (Å²) in [5.41, 5.74) is 0. The Balaban J connectivity index is 2.64. The van der Waals surface area contributed by atoms with Crippen LogP contribution in [0.3, 0.4) is 0 Å². The maximum absolute atomic E-state index is 11.2. The number of carbonyl (C=O) groups excluding carboxylic acids is 1. The highest BCUT2D eigenvalue weighted by Crippen LogP contribution is 2.04. The minimum atomic E-state index is -0.200. The summed E-state index contributed by atoms with van der Waals surface area (Å²) in [7, 11) is 1.82. The lowest BCUT2D eigenvalue weighted by Crippen LogP contribution is -2.21. The molecule has 0 aliphatic carbocycles. The molecule has 0 aliphatic rings. The summed E-state index contributed by atoms with van der Waals surface area (Å²) in [5, 5.41) is 2.66. The highest BCUT2D eigenvalue weighted by molar-refractivity contribution is 9.10. The minimum absolute atomic E-state index is 0.0932. The Morgan fingerprint density at radius 1 is 1.83 bits per heavy atom. The van der Waals surface area contributed by atoms with Gasteiger partial charge in [0.2, 0.25) is 11.9 Å². The molecule has 1 aromatic rings. The fourth-order valence-electron chi connectivity index (χ4n) is 0.696. The van der Waals surface area contributed by atoms with Crippen LogP contribution in [0.1, 0.15) is 6.92 Å². The number of imidazole rings is 1. The number of hydrogen-bond acceptors (Lipinski definition) is 2. The zero-order valence-corrected chi connectivity index (χ0v) is 8.50. The van der Waals surface area contributed by atoms with E-state index in [0.29, 0.717) is 5.95 Å². The van der Waals surface area contributed by atoms with E-state index in [9.17, 15) is 4.79 Å². The molecule has 0 saturated carbocycles. The van der Waals surface area contributed by atoms with E-state index in [1.165, 1.54) is 0 Å². The molecule has 66 valence electrons. The fraction of sp³-hybridized carbons (Fsp3) is 0.429. The number of rotatable bonds is 2. The van der Waals surface area contributed by atoms with Crippen molar-refractivity contribution < 1.29 is 4.79 Å². The van der Waals surface area contributed by atoms with E-state index in [1.54, 1.807) is 23.9 Å². The average Bonchev–Trinajstić information content (AvgIpc) is 2.36. The van der Waals surface area contributed by atoms with E-state index >= 15 is 0 Å². The molecule has 1 heterocycles. The zero-order valence-electron chi connectivity index (χ0n) is 6.91. The molecule has 0 aromatic carbocycles. The van der Waals surface area contributed by atoms with Gasteiger partial charge in [-0.1, -0.05) is 15.9 Å². The molecule has 1 N–H and O–H groups in total. The molecule has 4 nitrogen and oxygen atoms in total. The van der Waals surface area contributed by atoms with Crippen LogP contribution < -0.4 is 5.32 Å². The van der Waals surface area contributed by atoms with E-state index in [1.807, 2.05) is 7.05 Å². The smallest absolute Gasteiger partial charge is 0.240 e. The molecule has 0 bridgehead atoms. The van der Waals surface area contributed by atoms with Crippen LogP contribution in [-0.2, 0) is 11.8 Å². The molecular formula is C7H10BrN3O. The predicted octanol–water partition coefficient (Wildman–Crippen LogP) is 1.14. The van der Waals surface area contributed by atoms with Crippen LogP contribution in [0.5, 0.6) is 0 Å².